The van der Waals surface area contributed by atoms with Gasteiger partial charge >= 0.3 is 0 Å². The Morgan fingerprint density at radius 1 is 0.889 bits per heavy atom. The molecule has 0 saturated heterocycles. The molecule has 0 bridgehead atoms. The highest BCUT2D eigenvalue weighted by molar-refractivity contribution is 7.21. The van der Waals surface area contributed by atoms with Crippen molar-refractivity contribution < 1.29 is 4.74 Å². The Balaban J connectivity index is 1.53. The third-order valence-electron chi connectivity index (χ3n) is 4.42. The number of anilines is 1. The molecule has 0 aliphatic carbocycles. The van der Waals surface area contributed by atoms with E-state index in [0.717, 1.165) is 27.5 Å². The molecule has 0 aliphatic heterocycles. The van der Waals surface area contributed by atoms with Crippen LogP contribution in [0.5, 0.6) is 5.75 Å². The van der Waals surface area contributed by atoms with Gasteiger partial charge in [-0.15, -0.1) is 11.3 Å². The van der Waals surface area contributed by atoms with Gasteiger partial charge in [-0.1, -0.05) is 48.6 Å². The third kappa shape index (κ3) is 3.86. The Kier molecular flexibility index (Phi) is 4.90. The van der Waals surface area contributed by atoms with Crippen LogP contribution in [-0.4, -0.2) is 19.1 Å². The second kappa shape index (κ2) is 7.64. The second-order valence-corrected chi connectivity index (χ2v) is 7.21. The molecule has 0 spiro atoms. The van der Waals surface area contributed by atoms with Crippen molar-refractivity contribution in [3.8, 4) is 16.3 Å². The van der Waals surface area contributed by atoms with Crippen molar-refractivity contribution in [2.45, 2.75) is 0 Å². The maximum absolute atomic E-state index is 5.28. The van der Waals surface area contributed by atoms with E-state index in [1.165, 1.54) is 15.8 Å². The summed E-state index contributed by atoms with van der Waals surface area (Å²) in [4.78, 5) is 4.75. The SMILES string of the molecule is CNc1ccc(C=Cc2ccc(-c3nc4cc(OC)ccc4s3)cc2)cc1. The lowest BCUT2D eigenvalue weighted by molar-refractivity contribution is 0.415. The highest BCUT2D eigenvalue weighted by atomic mass is 32.1. The van der Waals surface area contributed by atoms with Crippen LogP contribution in [0.25, 0.3) is 32.9 Å². The van der Waals surface area contributed by atoms with Gasteiger partial charge in [0.15, 0.2) is 0 Å². The summed E-state index contributed by atoms with van der Waals surface area (Å²) in [5.41, 5.74) is 5.57. The maximum Gasteiger partial charge on any atom is 0.124 e. The highest BCUT2D eigenvalue weighted by Crippen LogP contribution is 2.32. The van der Waals surface area contributed by atoms with E-state index in [2.05, 4.69) is 72.1 Å². The Labute approximate surface area is 163 Å². The fourth-order valence-corrected chi connectivity index (χ4v) is 3.80. The monoisotopic (exact) mass is 372 g/mol. The molecule has 0 saturated carbocycles. The zero-order valence-electron chi connectivity index (χ0n) is 15.3. The van der Waals surface area contributed by atoms with Crippen LogP contribution in [0.4, 0.5) is 5.69 Å². The molecule has 4 rings (SSSR count). The molecule has 3 nitrogen and oxygen atoms in total. The van der Waals surface area contributed by atoms with Crippen LogP contribution in [0.2, 0.25) is 0 Å². The van der Waals surface area contributed by atoms with Gasteiger partial charge in [-0.05, 0) is 35.4 Å². The molecule has 3 aromatic carbocycles. The summed E-state index contributed by atoms with van der Waals surface area (Å²) < 4.78 is 6.45. The third-order valence-corrected chi connectivity index (χ3v) is 5.51. The molecule has 1 N–H and O–H groups in total. The number of fused-ring (bicyclic) bond motifs is 1. The van der Waals surface area contributed by atoms with E-state index in [1.54, 1.807) is 18.4 Å². The fraction of sp³-hybridized carbons (Fsp3) is 0.0870. The lowest BCUT2D eigenvalue weighted by Gasteiger charge is -2.00. The summed E-state index contributed by atoms with van der Waals surface area (Å²) in [7, 11) is 3.60. The van der Waals surface area contributed by atoms with Crippen LogP contribution in [0.1, 0.15) is 11.1 Å². The molecular formula is C23H20N2OS. The molecule has 0 unspecified atom stereocenters. The lowest BCUT2D eigenvalue weighted by Crippen LogP contribution is -1.86. The number of hydrogen-bond acceptors (Lipinski definition) is 4. The maximum atomic E-state index is 5.28. The first-order chi connectivity index (χ1) is 13.2. The molecule has 0 amide bonds. The first kappa shape index (κ1) is 17.3. The van der Waals surface area contributed by atoms with Gasteiger partial charge in [-0.3, -0.25) is 0 Å². The molecule has 27 heavy (non-hydrogen) atoms. The van der Waals surface area contributed by atoms with Gasteiger partial charge in [0, 0.05) is 24.4 Å². The van der Waals surface area contributed by atoms with Crippen LogP contribution in [0.15, 0.2) is 66.7 Å². The predicted molar refractivity (Wildman–Crippen MR) is 117 cm³/mol. The van der Waals surface area contributed by atoms with Gasteiger partial charge in [-0.2, -0.15) is 0 Å². The van der Waals surface area contributed by atoms with E-state index in [-0.39, 0.29) is 0 Å². The summed E-state index contributed by atoms with van der Waals surface area (Å²) in [6.45, 7) is 0. The fourth-order valence-electron chi connectivity index (χ4n) is 2.85. The van der Waals surface area contributed by atoms with Crippen molar-refractivity contribution >= 4 is 39.4 Å². The Morgan fingerprint density at radius 2 is 1.56 bits per heavy atom. The van der Waals surface area contributed by atoms with E-state index in [9.17, 15) is 0 Å². The average Bonchev–Trinajstić information content (AvgIpc) is 3.16. The molecule has 1 aromatic heterocycles. The van der Waals surface area contributed by atoms with Crippen molar-refractivity contribution in [1.82, 2.24) is 4.98 Å². The van der Waals surface area contributed by atoms with Gasteiger partial charge in [0.05, 0.1) is 17.3 Å². The first-order valence-corrected chi connectivity index (χ1v) is 9.58. The minimum atomic E-state index is 0.836. The van der Waals surface area contributed by atoms with Crippen LogP contribution < -0.4 is 10.1 Å². The molecular weight excluding hydrogens is 352 g/mol. The Morgan fingerprint density at radius 3 is 2.19 bits per heavy atom. The van der Waals surface area contributed by atoms with E-state index in [1.807, 2.05) is 19.2 Å². The topological polar surface area (TPSA) is 34.2 Å². The quantitative estimate of drug-likeness (QED) is 0.425. The van der Waals surface area contributed by atoms with Gasteiger partial charge in [0.1, 0.15) is 10.8 Å². The second-order valence-electron chi connectivity index (χ2n) is 6.18. The molecule has 0 fully saturated rings. The summed E-state index contributed by atoms with van der Waals surface area (Å²) >= 11 is 1.70. The molecule has 4 heteroatoms. The van der Waals surface area contributed by atoms with Crippen molar-refractivity contribution in [2.75, 3.05) is 19.5 Å². The molecule has 1 heterocycles. The zero-order valence-corrected chi connectivity index (χ0v) is 16.1. The number of rotatable bonds is 5. The smallest absolute Gasteiger partial charge is 0.124 e. The number of nitrogens with one attached hydrogen (secondary N) is 1. The van der Waals surface area contributed by atoms with Gasteiger partial charge in [-0.25, -0.2) is 4.98 Å². The van der Waals surface area contributed by atoms with Crippen LogP contribution in [-0.2, 0) is 0 Å². The first-order valence-electron chi connectivity index (χ1n) is 8.76. The highest BCUT2D eigenvalue weighted by Gasteiger charge is 2.07. The van der Waals surface area contributed by atoms with E-state index < -0.39 is 0 Å². The Bertz CT molecular complexity index is 1080. The summed E-state index contributed by atoms with van der Waals surface area (Å²) in [6.07, 6.45) is 4.25. The van der Waals surface area contributed by atoms with Gasteiger partial charge < -0.3 is 10.1 Å². The summed E-state index contributed by atoms with van der Waals surface area (Å²) in [5.74, 6) is 0.836. The van der Waals surface area contributed by atoms with Crippen LogP contribution in [0, 0.1) is 0 Å². The minimum Gasteiger partial charge on any atom is -0.497 e. The van der Waals surface area contributed by atoms with Crippen molar-refractivity contribution in [1.29, 1.82) is 0 Å². The molecule has 4 aromatic rings. The van der Waals surface area contributed by atoms with Crippen molar-refractivity contribution in [2.24, 2.45) is 0 Å². The zero-order chi connectivity index (χ0) is 18.6. The van der Waals surface area contributed by atoms with E-state index >= 15 is 0 Å². The molecule has 0 aliphatic rings. The number of thiazole rings is 1. The lowest BCUT2D eigenvalue weighted by atomic mass is 10.1. The van der Waals surface area contributed by atoms with E-state index in [0.29, 0.717) is 0 Å². The number of benzene rings is 3. The Hall–Kier alpha value is -3.11. The summed E-state index contributed by atoms with van der Waals surface area (Å²) in [5, 5.41) is 4.15. The van der Waals surface area contributed by atoms with E-state index in [4.69, 9.17) is 9.72 Å². The molecule has 134 valence electrons. The number of methoxy groups -OCH3 is 1. The van der Waals surface area contributed by atoms with Crippen molar-refractivity contribution in [3.63, 3.8) is 0 Å². The van der Waals surface area contributed by atoms with Gasteiger partial charge in [0.2, 0.25) is 0 Å². The number of nitrogens with zero attached hydrogens (tertiary/aromatic N) is 1. The normalized spacial score (nSPS) is 11.2. The number of hydrogen-bond donors (Lipinski definition) is 1. The standard InChI is InChI=1S/C23H20N2OS/c1-24-19-11-7-17(8-12-19)4-3-16-5-9-18(10-6-16)23-25-21-15-20(26-2)13-14-22(21)27-23/h3-15,24H,1-2H3. The molecule has 0 radical (unpaired) electrons. The van der Waals surface area contributed by atoms with Crippen LogP contribution in [0.3, 0.4) is 0 Å². The minimum absolute atomic E-state index is 0.836. The average molecular weight is 372 g/mol. The van der Waals surface area contributed by atoms with Crippen molar-refractivity contribution in [3.05, 3.63) is 77.9 Å². The van der Waals surface area contributed by atoms with Gasteiger partial charge in [0.25, 0.3) is 0 Å². The largest absolute Gasteiger partial charge is 0.497 e. The number of aromatic nitrogens is 1. The molecule has 0 atom stereocenters. The summed E-state index contributed by atoms with van der Waals surface area (Å²) in [6, 6.07) is 22.9. The van der Waals surface area contributed by atoms with Crippen LogP contribution >= 0.6 is 11.3 Å². The number of ether oxygens (including phenoxy) is 1. The predicted octanol–water partition coefficient (Wildman–Crippen LogP) is 6.18.